The number of rotatable bonds is 7. The van der Waals surface area contributed by atoms with Crippen molar-refractivity contribution >= 4 is 34.8 Å². The van der Waals surface area contributed by atoms with E-state index in [4.69, 9.17) is 16.3 Å². The first kappa shape index (κ1) is 23.0. The zero-order valence-electron chi connectivity index (χ0n) is 17.9. The van der Waals surface area contributed by atoms with E-state index >= 15 is 0 Å². The van der Waals surface area contributed by atoms with Crippen molar-refractivity contribution in [2.45, 2.75) is 26.9 Å². The summed E-state index contributed by atoms with van der Waals surface area (Å²) in [4.78, 5) is 28.4. The third kappa shape index (κ3) is 6.15. The Balaban J connectivity index is 1.57. The number of nitrogens with zero attached hydrogens (tertiary/aromatic N) is 2. The van der Waals surface area contributed by atoms with Gasteiger partial charge in [0.1, 0.15) is 5.75 Å². The number of carbonyl (C=O) groups is 2. The summed E-state index contributed by atoms with van der Waals surface area (Å²) in [6.45, 7) is 5.33. The molecule has 0 radical (unpaired) electrons. The number of benzene rings is 2. The highest BCUT2D eigenvalue weighted by atomic mass is 35.5. The van der Waals surface area contributed by atoms with Gasteiger partial charge in [-0.15, -0.1) is 0 Å². The number of aryl methyl sites for hydroxylation is 1. The molecule has 1 heterocycles. The molecule has 0 aliphatic carbocycles. The van der Waals surface area contributed by atoms with Gasteiger partial charge in [0.15, 0.2) is 6.10 Å². The van der Waals surface area contributed by atoms with Crippen molar-refractivity contribution in [3.63, 3.8) is 0 Å². The number of aromatic nitrogens is 1. The smallest absolute Gasteiger partial charge is 0.271 e. The average Bonchev–Trinajstić information content (AvgIpc) is 2.80. The number of ether oxygens (including phenoxy) is 1. The molecule has 0 spiro atoms. The molecule has 7 nitrogen and oxygen atoms in total. The number of halogens is 1. The van der Waals surface area contributed by atoms with E-state index in [0.717, 1.165) is 11.1 Å². The molecule has 32 heavy (non-hydrogen) atoms. The van der Waals surface area contributed by atoms with Crippen molar-refractivity contribution in [1.82, 2.24) is 10.4 Å². The first-order chi connectivity index (χ1) is 15.3. The first-order valence-corrected chi connectivity index (χ1v) is 10.3. The van der Waals surface area contributed by atoms with Gasteiger partial charge in [-0.2, -0.15) is 5.10 Å². The van der Waals surface area contributed by atoms with Gasteiger partial charge in [0.05, 0.1) is 5.71 Å². The minimum atomic E-state index is -0.693. The van der Waals surface area contributed by atoms with Crippen LogP contribution in [0.15, 0.2) is 72.1 Å². The molecule has 0 aliphatic rings. The molecule has 1 aromatic heterocycles. The summed E-state index contributed by atoms with van der Waals surface area (Å²) in [5.74, 6) is 0.00990. The molecule has 3 rings (SSSR count). The Bertz CT molecular complexity index is 1130. The minimum absolute atomic E-state index is 0.276. The zero-order valence-corrected chi connectivity index (χ0v) is 18.7. The molecule has 2 N–H and O–H groups in total. The van der Waals surface area contributed by atoms with Gasteiger partial charge in [-0.05, 0) is 74.4 Å². The van der Waals surface area contributed by atoms with Crippen molar-refractivity contribution in [2.75, 3.05) is 5.32 Å². The maximum absolute atomic E-state index is 12.5. The molecule has 0 saturated carbocycles. The number of hydrogen-bond donors (Lipinski definition) is 2. The van der Waals surface area contributed by atoms with Crippen molar-refractivity contribution in [3.8, 4) is 5.75 Å². The van der Waals surface area contributed by atoms with Crippen LogP contribution < -0.4 is 15.5 Å². The topological polar surface area (TPSA) is 92.7 Å². The van der Waals surface area contributed by atoms with Crippen LogP contribution in [0.1, 0.15) is 35.3 Å². The van der Waals surface area contributed by atoms with Gasteiger partial charge in [-0.1, -0.05) is 23.7 Å². The van der Waals surface area contributed by atoms with E-state index in [1.54, 1.807) is 68.7 Å². The third-order valence-electron chi connectivity index (χ3n) is 4.65. The highest BCUT2D eigenvalue weighted by Gasteiger charge is 2.16. The standard InChI is InChI=1S/C24H23ClN4O3/c1-15-14-20(25)6-9-22(15)32-17(3)23(30)27-21-7-4-18(5-8-21)16(2)28-29-24(31)19-10-12-26-13-11-19/h4-14,17H,1-3H3,(H,27,30)(H,29,31)/b28-16-. The molecule has 8 heteroatoms. The second-order valence-electron chi connectivity index (χ2n) is 7.11. The number of nitrogens with one attached hydrogen (secondary N) is 2. The van der Waals surface area contributed by atoms with E-state index in [2.05, 4.69) is 20.8 Å². The highest BCUT2D eigenvalue weighted by Crippen LogP contribution is 2.23. The van der Waals surface area contributed by atoms with Crippen molar-refractivity contribution in [3.05, 3.63) is 88.7 Å². The van der Waals surface area contributed by atoms with Crippen LogP contribution >= 0.6 is 11.6 Å². The van der Waals surface area contributed by atoms with E-state index in [-0.39, 0.29) is 11.8 Å². The lowest BCUT2D eigenvalue weighted by Crippen LogP contribution is -2.30. The van der Waals surface area contributed by atoms with E-state index in [1.165, 1.54) is 0 Å². The monoisotopic (exact) mass is 450 g/mol. The van der Waals surface area contributed by atoms with E-state index in [0.29, 0.717) is 27.7 Å². The molecule has 0 aliphatic heterocycles. The predicted molar refractivity (Wildman–Crippen MR) is 125 cm³/mol. The van der Waals surface area contributed by atoms with Crippen LogP contribution in [-0.2, 0) is 4.79 Å². The van der Waals surface area contributed by atoms with Crippen molar-refractivity contribution < 1.29 is 14.3 Å². The Morgan fingerprint density at radius 1 is 1.03 bits per heavy atom. The Kier molecular flexibility index (Phi) is 7.57. The fraction of sp³-hybridized carbons (Fsp3) is 0.167. The van der Waals surface area contributed by atoms with Crippen LogP contribution in [0.5, 0.6) is 5.75 Å². The lowest BCUT2D eigenvalue weighted by Gasteiger charge is -2.16. The van der Waals surface area contributed by atoms with Gasteiger partial charge in [0.25, 0.3) is 11.8 Å². The molecular weight excluding hydrogens is 428 g/mol. The van der Waals surface area contributed by atoms with Crippen LogP contribution in [0.2, 0.25) is 5.02 Å². The summed E-state index contributed by atoms with van der Waals surface area (Å²) < 4.78 is 5.75. The Hall–Kier alpha value is -3.71. The molecule has 2 amide bonds. The quantitative estimate of drug-likeness (QED) is 0.406. The van der Waals surface area contributed by atoms with Crippen LogP contribution in [0.25, 0.3) is 0 Å². The van der Waals surface area contributed by atoms with Crippen LogP contribution in [0.4, 0.5) is 5.69 Å². The molecule has 0 bridgehead atoms. The van der Waals surface area contributed by atoms with Gasteiger partial charge in [0.2, 0.25) is 0 Å². The fourth-order valence-corrected chi connectivity index (χ4v) is 3.02. The maximum Gasteiger partial charge on any atom is 0.271 e. The normalized spacial score (nSPS) is 12.1. The maximum atomic E-state index is 12.5. The van der Waals surface area contributed by atoms with Gasteiger partial charge in [0, 0.05) is 28.7 Å². The molecular formula is C24H23ClN4O3. The molecule has 3 aromatic rings. The first-order valence-electron chi connectivity index (χ1n) is 9.92. The minimum Gasteiger partial charge on any atom is -0.481 e. The second-order valence-corrected chi connectivity index (χ2v) is 7.55. The lowest BCUT2D eigenvalue weighted by atomic mass is 10.1. The van der Waals surface area contributed by atoms with Gasteiger partial charge >= 0.3 is 0 Å². The number of anilines is 1. The Labute approximate surface area is 191 Å². The Morgan fingerprint density at radius 2 is 1.72 bits per heavy atom. The zero-order chi connectivity index (χ0) is 23.1. The molecule has 1 atom stereocenters. The summed E-state index contributed by atoms with van der Waals surface area (Å²) >= 11 is 5.96. The van der Waals surface area contributed by atoms with E-state index in [1.807, 2.05) is 19.1 Å². The molecule has 164 valence electrons. The summed E-state index contributed by atoms with van der Waals surface area (Å²) in [7, 11) is 0. The van der Waals surface area contributed by atoms with E-state index < -0.39 is 6.10 Å². The van der Waals surface area contributed by atoms with Gasteiger partial charge in [-0.25, -0.2) is 5.43 Å². The number of hydrazone groups is 1. The van der Waals surface area contributed by atoms with E-state index in [9.17, 15) is 9.59 Å². The SMILES string of the molecule is C/C(=N/NC(=O)c1ccncc1)c1ccc(NC(=O)C(C)Oc2ccc(Cl)cc2C)cc1. The molecule has 0 saturated heterocycles. The number of pyridine rings is 1. The average molecular weight is 451 g/mol. The predicted octanol–water partition coefficient (Wildman–Crippen LogP) is 4.60. The van der Waals surface area contributed by atoms with Gasteiger partial charge < -0.3 is 10.1 Å². The summed E-state index contributed by atoms with van der Waals surface area (Å²) in [5, 5.41) is 7.57. The summed E-state index contributed by atoms with van der Waals surface area (Å²) in [5.41, 5.74) is 5.89. The van der Waals surface area contributed by atoms with Crippen LogP contribution in [0.3, 0.4) is 0 Å². The number of hydrogen-bond acceptors (Lipinski definition) is 5. The third-order valence-corrected chi connectivity index (χ3v) is 4.88. The molecule has 2 aromatic carbocycles. The number of carbonyl (C=O) groups excluding carboxylic acids is 2. The Morgan fingerprint density at radius 3 is 2.38 bits per heavy atom. The van der Waals surface area contributed by atoms with Crippen LogP contribution in [-0.4, -0.2) is 28.6 Å². The summed E-state index contributed by atoms with van der Waals surface area (Å²) in [6, 6.07) is 15.6. The highest BCUT2D eigenvalue weighted by molar-refractivity contribution is 6.30. The van der Waals surface area contributed by atoms with Crippen molar-refractivity contribution in [2.24, 2.45) is 5.10 Å². The largest absolute Gasteiger partial charge is 0.481 e. The lowest BCUT2D eigenvalue weighted by molar-refractivity contribution is -0.122. The molecule has 1 unspecified atom stereocenters. The molecule has 0 fully saturated rings. The number of amides is 2. The summed E-state index contributed by atoms with van der Waals surface area (Å²) in [6.07, 6.45) is 2.39. The fourth-order valence-electron chi connectivity index (χ4n) is 2.79. The van der Waals surface area contributed by atoms with Crippen molar-refractivity contribution in [1.29, 1.82) is 0 Å². The van der Waals surface area contributed by atoms with Gasteiger partial charge in [-0.3, -0.25) is 14.6 Å². The second kappa shape index (κ2) is 10.5. The van der Waals surface area contributed by atoms with Crippen LogP contribution in [0, 0.1) is 6.92 Å².